The van der Waals surface area contributed by atoms with Crippen molar-refractivity contribution < 1.29 is 14.1 Å². The first kappa shape index (κ1) is 18.4. The number of aromatic nitrogens is 2. The molecule has 1 aliphatic rings. The van der Waals surface area contributed by atoms with E-state index in [-0.39, 0.29) is 24.3 Å². The van der Waals surface area contributed by atoms with Gasteiger partial charge in [-0.25, -0.2) is 0 Å². The Morgan fingerprint density at radius 1 is 1.27 bits per heavy atom. The number of aryl methyl sites for hydroxylation is 1. The SMILES string of the molecule is Cc1noc(CNC(=O)C2CCN(C(=O)Cc3ccc(Cl)cc3)CC2)n1. The molecule has 0 unspecified atom stereocenters. The van der Waals surface area contributed by atoms with Crippen LogP contribution in [0.15, 0.2) is 28.8 Å². The molecule has 8 heteroatoms. The molecule has 1 aromatic carbocycles. The van der Waals surface area contributed by atoms with Crippen molar-refractivity contribution in [3.63, 3.8) is 0 Å². The lowest BCUT2D eigenvalue weighted by Gasteiger charge is -2.31. The van der Waals surface area contributed by atoms with Gasteiger partial charge in [0.15, 0.2) is 5.82 Å². The standard InChI is InChI=1S/C18H21ClN4O3/c1-12-21-16(26-22-12)11-20-18(25)14-6-8-23(9-7-14)17(24)10-13-2-4-15(19)5-3-13/h2-5,14H,6-11H2,1H3,(H,20,25). The van der Waals surface area contributed by atoms with Gasteiger partial charge in [-0.15, -0.1) is 0 Å². The fraction of sp³-hybridized carbons (Fsp3) is 0.444. The summed E-state index contributed by atoms with van der Waals surface area (Å²) in [5.41, 5.74) is 0.939. The van der Waals surface area contributed by atoms with Gasteiger partial charge in [0.05, 0.1) is 13.0 Å². The van der Waals surface area contributed by atoms with Gasteiger partial charge >= 0.3 is 0 Å². The maximum Gasteiger partial charge on any atom is 0.246 e. The number of carbonyl (C=O) groups is 2. The summed E-state index contributed by atoms with van der Waals surface area (Å²) in [5.74, 6) is 0.880. The second kappa shape index (κ2) is 8.31. The van der Waals surface area contributed by atoms with Crippen LogP contribution in [0.4, 0.5) is 0 Å². The zero-order chi connectivity index (χ0) is 18.5. The molecule has 1 fully saturated rings. The Bertz CT molecular complexity index is 767. The molecule has 138 valence electrons. The van der Waals surface area contributed by atoms with Crippen LogP contribution in [0.25, 0.3) is 0 Å². The van der Waals surface area contributed by atoms with Crippen molar-refractivity contribution in [2.75, 3.05) is 13.1 Å². The van der Waals surface area contributed by atoms with E-state index < -0.39 is 0 Å². The molecule has 0 aliphatic carbocycles. The van der Waals surface area contributed by atoms with Gasteiger partial charge < -0.3 is 14.7 Å². The molecule has 3 rings (SSSR count). The fourth-order valence-corrected chi connectivity index (χ4v) is 3.12. The summed E-state index contributed by atoms with van der Waals surface area (Å²) in [6.07, 6.45) is 1.66. The Labute approximate surface area is 156 Å². The predicted molar refractivity (Wildman–Crippen MR) is 95.3 cm³/mol. The van der Waals surface area contributed by atoms with Crippen LogP contribution >= 0.6 is 11.6 Å². The van der Waals surface area contributed by atoms with Gasteiger partial charge in [-0.2, -0.15) is 4.98 Å². The lowest BCUT2D eigenvalue weighted by Crippen LogP contribution is -2.43. The number of nitrogens with one attached hydrogen (secondary N) is 1. The third kappa shape index (κ3) is 4.82. The van der Waals surface area contributed by atoms with Gasteiger partial charge in [-0.05, 0) is 37.5 Å². The normalized spacial score (nSPS) is 15.1. The molecule has 1 aromatic heterocycles. The Morgan fingerprint density at radius 3 is 2.58 bits per heavy atom. The van der Waals surface area contributed by atoms with E-state index in [4.69, 9.17) is 16.1 Å². The third-order valence-corrected chi connectivity index (χ3v) is 4.72. The Morgan fingerprint density at radius 2 is 1.96 bits per heavy atom. The van der Waals surface area contributed by atoms with Gasteiger partial charge in [-0.3, -0.25) is 9.59 Å². The van der Waals surface area contributed by atoms with Crippen molar-refractivity contribution in [2.45, 2.75) is 32.7 Å². The average molecular weight is 377 g/mol. The van der Waals surface area contributed by atoms with Crippen molar-refractivity contribution in [3.8, 4) is 0 Å². The van der Waals surface area contributed by atoms with Crippen molar-refractivity contribution in [1.29, 1.82) is 0 Å². The number of amides is 2. The largest absolute Gasteiger partial charge is 0.347 e. The van der Waals surface area contributed by atoms with Crippen molar-refractivity contribution in [3.05, 3.63) is 46.6 Å². The number of rotatable bonds is 5. The minimum absolute atomic E-state index is 0.0364. The Balaban J connectivity index is 1.43. The quantitative estimate of drug-likeness (QED) is 0.863. The molecule has 2 heterocycles. The summed E-state index contributed by atoms with van der Waals surface area (Å²) in [7, 11) is 0. The maximum absolute atomic E-state index is 12.4. The summed E-state index contributed by atoms with van der Waals surface area (Å²) in [6, 6.07) is 7.29. The molecule has 1 aliphatic heterocycles. The highest BCUT2D eigenvalue weighted by Gasteiger charge is 2.27. The van der Waals surface area contributed by atoms with E-state index >= 15 is 0 Å². The molecule has 0 atom stereocenters. The lowest BCUT2D eigenvalue weighted by molar-refractivity contribution is -0.135. The summed E-state index contributed by atoms with van der Waals surface area (Å²) in [6.45, 7) is 3.13. The Kier molecular flexibility index (Phi) is 5.88. The maximum atomic E-state index is 12.4. The van der Waals surface area contributed by atoms with Crippen molar-refractivity contribution in [1.82, 2.24) is 20.4 Å². The average Bonchev–Trinajstić information content (AvgIpc) is 3.07. The van der Waals surface area contributed by atoms with Crippen molar-refractivity contribution in [2.24, 2.45) is 5.92 Å². The van der Waals surface area contributed by atoms with Crippen LogP contribution in [0.1, 0.15) is 30.1 Å². The minimum atomic E-state index is -0.0985. The highest BCUT2D eigenvalue weighted by molar-refractivity contribution is 6.30. The Hall–Kier alpha value is -2.41. The lowest BCUT2D eigenvalue weighted by atomic mass is 9.95. The number of nitrogens with zero attached hydrogens (tertiary/aromatic N) is 3. The van der Waals surface area contributed by atoms with Crippen molar-refractivity contribution >= 4 is 23.4 Å². The van der Waals surface area contributed by atoms with Crippen LogP contribution in [-0.2, 0) is 22.6 Å². The molecule has 0 bridgehead atoms. The van der Waals surface area contributed by atoms with E-state index in [1.165, 1.54) is 0 Å². The van der Waals surface area contributed by atoms with E-state index in [1.807, 2.05) is 17.0 Å². The topological polar surface area (TPSA) is 88.3 Å². The third-order valence-electron chi connectivity index (χ3n) is 4.47. The second-order valence-electron chi connectivity index (χ2n) is 6.41. The first-order valence-corrected chi connectivity index (χ1v) is 8.98. The van der Waals surface area contributed by atoms with Crippen LogP contribution in [0.2, 0.25) is 5.02 Å². The van der Waals surface area contributed by atoms with Gasteiger partial charge in [0.2, 0.25) is 17.7 Å². The molecular weight excluding hydrogens is 356 g/mol. The van der Waals surface area contributed by atoms with E-state index in [2.05, 4.69) is 15.5 Å². The number of hydrogen-bond donors (Lipinski definition) is 1. The van der Waals surface area contributed by atoms with Crippen LogP contribution in [-0.4, -0.2) is 39.9 Å². The number of likely N-dealkylation sites (tertiary alicyclic amines) is 1. The van der Waals surface area contributed by atoms with Gasteiger partial charge in [0.1, 0.15) is 0 Å². The zero-order valence-corrected chi connectivity index (χ0v) is 15.3. The predicted octanol–water partition coefficient (Wildman–Crippen LogP) is 2.13. The van der Waals surface area contributed by atoms with Crippen LogP contribution < -0.4 is 5.32 Å². The number of halogens is 1. The van der Waals surface area contributed by atoms with E-state index in [0.29, 0.717) is 49.1 Å². The van der Waals surface area contributed by atoms with E-state index in [0.717, 1.165) is 5.56 Å². The van der Waals surface area contributed by atoms with Crippen LogP contribution in [0.5, 0.6) is 0 Å². The summed E-state index contributed by atoms with van der Waals surface area (Å²) < 4.78 is 4.98. The van der Waals surface area contributed by atoms with E-state index in [9.17, 15) is 9.59 Å². The molecule has 0 spiro atoms. The number of carbonyl (C=O) groups excluding carboxylic acids is 2. The highest BCUT2D eigenvalue weighted by atomic mass is 35.5. The summed E-state index contributed by atoms with van der Waals surface area (Å²) in [5, 5.41) is 7.16. The second-order valence-corrected chi connectivity index (χ2v) is 6.85. The fourth-order valence-electron chi connectivity index (χ4n) is 3.00. The monoisotopic (exact) mass is 376 g/mol. The number of piperidine rings is 1. The molecule has 1 N–H and O–H groups in total. The molecule has 0 radical (unpaired) electrons. The zero-order valence-electron chi connectivity index (χ0n) is 14.6. The molecule has 2 aromatic rings. The molecular formula is C18H21ClN4O3. The van der Waals surface area contributed by atoms with E-state index in [1.54, 1.807) is 19.1 Å². The number of hydrogen-bond acceptors (Lipinski definition) is 5. The summed E-state index contributed by atoms with van der Waals surface area (Å²) >= 11 is 5.86. The summed E-state index contributed by atoms with van der Waals surface area (Å²) in [4.78, 5) is 30.5. The number of benzene rings is 1. The van der Waals surface area contributed by atoms with Gasteiger partial charge in [0, 0.05) is 24.0 Å². The molecule has 2 amide bonds. The molecule has 7 nitrogen and oxygen atoms in total. The van der Waals surface area contributed by atoms with Crippen LogP contribution in [0.3, 0.4) is 0 Å². The smallest absolute Gasteiger partial charge is 0.246 e. The first-order chi connectivity index (χ1) is 12.5. The highest BCUT2D eigenvalue weighted by Crippen LogP contribution is 2.19. The van der Waals surface area contributed by atoms with Crippen LogP contribution in [0, 0.1) is 12.8 Å². The first-order valence-electron chi connectivity index (χ1n) is 8.60. The minimum Gasteiger partial charge on any atom is -0.347 e. The van der Waals surface area contributed by atoms with Gasteiger partial charge in [0.25, 0.3) is 0 Å². The molecule has 1 saturated heterocycles. The molecule has 26 heavy (non-hydrogen) atoms. The van der Waals surface area contributed by atoms with Gasteiger partial charge in [-0.1, -0.05) is 28.9 Å². The molecule has 0 saturated carbocycles.